The van der Waals surface area contributed by atoms with Crippen LogP contribution in [0.2, 0.25) is 5.02 Å². The van der Waals surface area contributed by atoms with Gasteiger partial charge in [0, 0.05) is 17.6 Å². The van der Waals surface area contributed by atoms with Gasteiger partial charge in [0.25, 0.3) is 5.91 Å². The zero-order valence-electron chi connectivity index (χ0n) is 11.0. The van der Waals surface area contributed by atoms with Gasteiger partial charge in [-0.1, -0.05) is 41.9 Å². The van der Waals surface area contributed by atoms with Crippen molar-refractivity contribution in [3.05, 3.63) is 64.9 Å². The number of hydrogen-bond donors (Lipinski definition) is 2. The topological polar surface area (TPSA) is 79.3 Å². The molecule has 1 aromatic heterocycles. The Morgan fingerprint density at radius 3 is 2.57 bits per heavy atom. The van der Waals surface area contributed by atoms with Crippen LogP contribution >= 0.6 is 11.6 Å². The first kappa shape index (κ1) is 15.0. The van der Waals surface area contributed by atoms with E-state index in [4.69, 9.17) is 11.6 Å². The number of carboxylic acid groups (broad SMARTS) is 1. The van der Waals surface area contributed by atoms with E-state index in [1.54, 1.807) is 12.1 Å². The number of carbonyl (C=O) groups is 2. The van der Waals surface area contributed by atoms with Crippen molar-refractivity contribution in [2.24, 2.45) is 0 Å². The molecule has 1 heterocycles. The van der Waals surface area contributed by atoms with Crippen molar-refractivity contribution in [3.63, 3.8) is 0 Å². The number of amides is 1. The lowest BCUT2D eigenvalue weighted by Gasteiger charge is -2.14. The van der Waals surface area contributed by atoms with E-state index in [0.29, 0.717) is 5.02 Å². The quantitative estimate of drug-likeness (QED) is 0.887. The summed E-state index contributed by atoms with van der Waals surface area (Å²) >= 11 is 5.78. The van der Waals surface area contributed by atoms with E-state index < -0.39 is 17.9 Å². The minimum Gasteiger partial charge on any atom is -0.480 e. The summed E-state index contributed by atoms with van der Waals surface area (Å²) in [6, 6.07) is 11.0. The first-order valence-corrected chi connectivity index (χ1v) is 6.63. The molecule has 5 nitrogen and oxygen atoms in total. The van der Waals surface area contributed by atoms with Crippen LogP contribution in [0.25, 0.3) is 0 Å². The van der Waals surface area contributed by atoms with Gasteiger partial charge in [-0.15, -0.1) is 0 Å². The van der Waals surface area contributed by atoms with Crippen molar-refractivity contribution >= 4 is 23.5 Å². The largest absolute Gasteiger partial charge is 0.480 e. The van der Waals surface area contributed by atoms with Gasteiger partial charge in [-0.3, -0.25) is 9.78 Å². The normalized spacial score (nSPS) is 11.7. The first-order valence-electron chi connectivity index (χ1n) is 6.25. The summed E-state index contributed by atoms with van der Waals surface area (Å²) in [6.07, 6.45) is 1.59. The molecule has 0 radical (unpaired) electrons. The molecule has 0 spiro atoms. The van der Waals surface area contributed by atoms with Crippen LogP contribution in [0.4, 0.5) is 0 Å². The van der Waals surface area contributed by atoms with Crippen LogP contribution < -0.4 is 5.32 Å². The average molecular weight is 305 g/mol. The second kappa shape index (κ2) is 6.85. The fourth-order valence-electron chi connectivity index (χ4n) is 1.81. The standard InChI is InChI=1S/C15H13ClN2O3/c16-11-6-7-17-12(9-11)14(19)18-13(15(20)21)8-10-4-2-1-3-5-10/h1-7,9,13H,8H2,(H,18,19)(H,20,21). The smallest absolute Gasteiger partial charge is 0.326 e. The highest BCUT2D eigenvalue weighted by Gasteiger charge is 2.21. The van der Waals surface area contributed by atoms with E-state index in [1.807, 2.05) is 18.2 Å². The van der Waals surface area contributed by atoms with E-state index >= 15 is 0 Å². The van der Waals surface area contributed by atoms with E-state index in [1.165, 1.54) is 18.3 Å². The zero-order valence-corrected chi connectivity index (χ0v) is 11.7. The summed E-state index contributed by atoms with van der Waals surface area (Å²) in [5.74, 6) is -1.67. The Bertz CT molecular complexity index is 646. The molecular weight excluding hydrogens is 292 g/mol. The third-order valence-corrected chi connectivity index (χ3v) is 3.08. The molecule has 0 fully saturated rings. The lowest BCUT2D eigenvalue weighted by Crippen LogP contribution is -2.42. The number of pyridine rings is 1. The number of nitrogens with zero attached hydrogens (tertiary/aromatic N) is 1. The predicted molar refractivity (Wildman–Crippen MR) is 78.3 cm³/mol. The van der Waals surface area contributed by atoms with Gasteiger partial charge >= 0.3 is 5.97 Å². The Morgan fingerprint density at radius 1 is 1.24 bits per heavy atom. The Labute approximate surface area is 126 Å². The van der Waals surface area contributed by atoms with Gasteiger partial charge in [-0.05, 0) is 17.7 Å². The van der Waals surface area contributed by atoms with E-state index in [9.17, 15) is 14.7 Å². The molecule has 0 saturated heterocycles. The maximum Gasteiger partial charge on any atom is 0.326 e. The molecule has 0 aliphatic heterocycles. The maximum absolute atomic E-state index is 12.0. The Hall–Kier alpha value is -2.40. The molecule has 1 unspecified atom stereocenters. The molecule has 0 bridgehead atoms. The minimum absolute atomic E-state index is 0.0850. The SMILES string of the molecule is O=C(NC(Cc1ccccc1)C(=O)O)c1cc(Cl)ccn1. The van der Waals surface area contributed by atoms with Gasteiger partial charge in [-0.25, -0.2) is 4.79 Å². The van der Waals surface area contributed by atoms with Gasteiger partial charge in [0.1, 0.15) is 11.7 Å². The second-order valence-electron chi connectivity index (χ2n) is 4.41. The molecule has 2 N–H and O–H groups in total. The van der Waals surface area contributed by atoms with Crippen molar-refractivity contribution in [1.82, 2.24) is 10.3 Å². The molecule has 0 saturated carbocycles. The average Bonchev–Trinajstić information content (AvgIpc) is 2.47. The van der Waals surface area contributed by atoms with Crippen LogP contribution in [0.1, 0.15) is 16.1 Å². The second-order valence-corrected chi connectivity index (χ2v) is 4.85. The highest BCUT2D eigenvalue weighted by atomic mass is 35.5. The van der Waals surface area contributed by atoms with Crippen LogP contribution in [0.3, 0.4) is 0 Å². The summed E-state index contributed by atoms with van der Waals surface area (Å²) in [6.45, 7) is 0. The maximum atomic E-state index is 12.0. The van der Waals surface area contributed by atoms with Crippen molar-refractivity contribution < 1.29 is 14.7 Å². The predicted octanol–water partition coefficient (Wildman–Crippen LogP) is 2.16. The van der Waals surface area contributed by atoms with Gasteiger partial charge in [0.15, 0.2) is 0 Å². The van der Waals surface area contributed by atoms with Crippen molar-refractivity contribution in [2.75, 3.05) is 0 Å². The van der Waals surface area contributed by atoms with E-state index in [2.05, 4.69) is 10.3 Å². The number of aliphatic carboxylic acids is 1. The number of benzene rings is 1. The van der Waals surface area contributed by atoms with Crippen LogP contribution in [0.15, 0.2) is 48.7 Å². The molecule has 0 aliphatic rings. The number of rotatable bonds is 5. The third-order valence-electron chi connectivity index (χ3n) is 2.84. The number of carboxylic acids is 1. The molecular formula is C15H13ClN2O3. The highest BCUT2D eigenvalue weighted by Crippen LogP contribution is 2.09. The molecule has 2 aromatic rings. The van der Waals surface area contributed by atoms with Crippen molar-refractivity contribution in [3.8, 4) is 0 Å². The zero-order chi connectivity index (χ0) is 15.2. The van der Waals surface area contributed by atoms with E-state index in [-0.39, 0.29) is 12.1 Å². The number of aromatic nitrogens is 1. The number of halogens is 1. The summed E-state index contributed by atoms with van der Waals surface area (Å²) in [5, 5.41) is 12.0. The number of carbonyl (C=O) groups excluding carboxylic acids is 1. The fraction of sp³-hybridized carbons (Fsp3) is 0.133. The summed E-state index contributed by atoms with van der Waals surface area (Å²) < 4.78 is 0. The monoisotopic (exact) mass is 304 g/mol. The minimum atomic E-state index is -1.10. The molecule has 2 rings (SSSR count). The van der Waals surface area contributed by atoms with Gasteiger partial charge in [-0.2, -0.15) is 0 Å². The first-order chi connectivity index (χ1) is 10.1. The molecule has 6 heteroatoms. The van der Waals surface area contributed by atoms with Crippen molar-refractivity contribution in [2.45, 2.75) is 12.5 Å². The van der Waals surface area contributed by atoms with Crippen LogP contribution in [0, 0.1) is 0 Å². The summed E-state index contributed by atoms with van der Waals surface area (Å²) in [5.41, 5.74) is 0.908. The van der Waals surface area contributed by atoms with Crippen LogP contribution in [-0.2, 0) is 11.2 Å². The Balaban J connectivity index is 2.10. The fourth-order valence-corrected chi connectivity index (χ4v) is 1.97. The molecule has 1 aromatic carbocycles. The number of nitrogens with one attached hydrogen (secondary N) is 1. The number of hydrogen-bond acceptors (Lipinski definition) is 3. The van der Waals surface area contributed by atoms with Crippen molar-refractivity contribution in [1.29, 1.82) is 0 Å². The van der Waals surface area contributed by atoms with Gasteiger partial charge < -0.3 is 10.4 Å². The molecule has 0 aliphatic carbocycles. The van der Waals surface area contributed by atoms with Gasteiger partial charge in [0.2, 0.25) is 0 Å². The summed E-state index contributed by atoms with van der Waals surface area (Å²) in [7, 11) is 0. The summed E-state index contributed by atoms with van der Waals surface area (Å²) in [4.78, 5) is 27.2. The van der Waals surface area contributed by atoms with Crippen LogP contribution in [-0.4, -0.2) is 28.0 Å². The lowest BCUT2D eigenvalue weighted by molar-refractivity contribution is -0.139. The Morgan fingerprint density at radius 2 is 1.95 bits per heavy atom. The van der Waals surface area contributed by atoms with Crippen LogP contribution in [0.5, 0.6) is 0 Å². The Kier molecular flexibility index (Phi) is 4.90. The highest BCUT2D eigenvalue weighted by molar-refractivity contribution is 6.30. The molecule has 1 amide bonds. The van der Waals surface area contributed by atoms with Gasteiger partial charge in [0.05, 0.1) is 0 Å². The molecule has 1 atom stereocenters. The lowest BCUT2D eigenvalue weighted by atomic mass is 10.1. The van der Waals surface area contributed by atoms with E-state index in [0.717, 1.165) is 5.56 Å². The third kappa shape index (κ3) is 4.29. The molecule has 108 valence electrons. The molecule has 21 heavy (non-hydrogen) atoms.